The number of rotatable bonds is 9. The van der Waals surface area contributed by atoms with Crippen molar-refractivity contribution in [3.05, 3.63) is 17.1 Å². The Morgan fingerprint density at radius 2 is 1.92 bits per heavy atom. The fourth-order valence-electron chi connectivity index (χ4n) is 3.20. The monoisotopic (exact) mass is 346 g/mol. The molecule has 1 aliphatic rings. The van der Waals surface area contributed by atoms with E-state index in [1.54, 1.807) is 0 Å². The molecule has 0 aliphatic heterocycles. The molecular weight excluding hydrogens is 316 g/mol. The Labute approximate surface area is 149 Å². The number of unbranched alkanes of at least 4 members (excludes halogenated alkanes) is 1. The standard InChI is InChI=1S/C19H30N4S/c1-4-5-10-24-11-6-9-23-16(12-15-7-8-15)22-17-18(23)13(2)14(3)21-19(17)20/h15H,4-12H2,1-3H3,(H2,20,21). The number of aromatic nitrogens is 3. The highest BCUT2D eigenvalue weighted by Gasteiger charge is 2.26. The predicted octanol–water partition coefficient (Wildman–Crippen LogP) is 4.51. The van der Waals surface area contributed by atoms with Gasteiger partial charge in [0.1, 0.15) is 11.3 Å². The van der Waals surface area contributed by atoms with E-state index in [4.69, 9.17) is 10.7 Å². The SMILES string of the molecule is CCCCSCCCn1c(CC2CC2)nc2c(N)nc(C)c(C)c21. The molecule has 0 amide bonds. The van der Waals surface area contributed by atoms with Crippen LogP contribution in [0.2, 0.25) is 0 Å². The van der Waals surface area contributed by atoms with Gasteiger partial charge in [-0.2, -0.15) is 11.8 Å². The number of anilines is 1. The average Bonchev–Trinajstić information content (AvgIpc) is 3.29. The van der Waals surface area contributed by atoms with E-state index in [1.165, 1.54) is 60.5 Å². The lowest BCUT2D eigenvalue weighted by molar-refractivity contribution is 0.634. The Morgan fingerprint density at radius 1 is 1.17 bits per heavy atom. The van der Waals surface area contributed by atoms with Crippen LogP contribution in [0.1, 0.15) is 56.1 Å². The summed E-state index contributed by atoms with van der Waals surface area (Å²) in [6.07, 6.45) is 7.60. The first-order valence-electron chi connectivity index (χ1n) is 9.31. The van der Waals surface area contributed by atoms with E-state index in [0.29, 0.717) is 5.82 Å². The summed E-state index contributed by atoms with van der Waals surface area (Å²) in [6.45, 7) is 7.50. The molecule has 1 saturated carbocycles. The van der Waals surface area contributed by atoms with Gasteiger partial charge >= 0.3 is 0 Å². The quantitative estimate of drug-likeness (QED) is 0.679. The maximum absolute atomic E-state index is 6.17. The number of aryl methyl sites for hydroxylation is 3. The van der Waals surface area contributed by atoms with Gasteiger partial charge in [-0.3, -0.25) is 0 Å². The lowest BCUT2D eigenvalue weighted by Gasteiger charge is -2.11. The molecule has 4 nitrogen and oxygen atoms in total. The molecule has 2 aromatic heterocycles. The highest BCUT2D eigenvalue weighted by molar-refractivity contribution is 7.99. The first kappa shape index (κ1) is 17.6. The maximum Gasteiger partial charge on any atom is 0.151 e. The molecule has 0 bridgehead atoms. The molecule has 3 rings (SSSR count). The van der Waals surface area contributed by atoms with E-state index in [-0.39, 0.29) is 0 Å². The zero-order valence-corrected chi connectivity index (χ0v) is 16.1. The van der Waals surface area contributed by atoms with Crippen molar-refractivity contribution in [2.24, 2.45) is 5.92 Å². The van der Waals surface area contributed by atoms with E-state index in [2.05, 4.69) is 35.2 Å². The smallest absolute Gasteiger partial charge is 0.151 e. The summed E-state index contributed by atoms with van der Waals surface area (Å²) in [5.41, 5.74) is 10.6. The molecule has 5 heteroatoms. The third kappa shape index (κ3) is 3.88. The molecular formula is C19H30N4S. The van der Waals surface area contributed by atoms with Crippen molar-refractivity contribution in [3.63, 3.8) is 0 Å². The number of pyridine rings is 1. The minimum Gasteiger partial charge on any atom is -0.382 e. The summed E-state index contributed by atoms with van der Waals surface area (Å²) in [5, 5.41) is 0. The second-order valence-corrected chi connectivity index (χ2v) is 8.28. The molecule has 132 valence electrons. The molecule has 0 radical (unpaired) electrons. The van der Waals surface area contributed by atoms with Gasteiger partial charge in [0.2, 0.25) is 0 Å². The van der Waals surface area contributed by atoms with E-state index in [1.807, 2.05) is 6.92 Å². The lowest BCUT2D eigenvalue weighted by atomic mass is 10.2. The maximum atomic E-state index is 6.17. The van der Waals surface area contributed by atoms with Crippen molar-refractivity contribution in [2.45, 2.75) is 65.8 Å². The van der Waals surface area contributed by atoms with Crippen LogP contribution in [0.3, 0.4) is 0 Å². The van der Waals surface area contributed by atoms with Crippen molar-refractivity contribution in [1.29, 1.82) is 0 Å². The van der Waals surface area contributed by atoms with Crippen molar-refractivity contribution >= 4 is 28.6 Å². The minimum absolute atomic E-state index is 0.584. The van der Waals surface area contributed by atoms with Gasteiger partial charge in [0.05, 0.1) is 5.52 Å². The Kier molecular flexibility index (Phi) is 5.69. The second kappa shape index (κ2) is 7.77. The molecule has 24 heavy (non-hydrogen) atoms. The van der Waals surface area contributed by atoms with Crippen molar-refractivity contribution in [2.75, 3.05) is 17.2 Å². The number of hydrogen-bond donors (Lipinski definition) is 1. The summed E-state index contributed by atoms with van der Waals surface area (Å²) in [6, 6.07) is 0. The van der Waals surface area contributed by atoms with Crippen molar-refractivity contribution in [1.82, 2.24) is 14.5 Å². The molecule has 0 saturated heterocycles. The Balaban J connectivity index is 1.82. The van der Waals surface area contributed by atoms with E-state index < -0.39 is 0 Å². The number of thioether (sulfide) groups is 1. The largest absolute Gasteiger partial charge is 0.382 e. The minimum atomic E-state index is 0.584. The van der Waals surface area contributed by atoms with Gasteiger partial charge < -0.3 is 10.3 Å². The molecule has 2 heterocycles. The topological polar surface area (TPSA) is 56.7 Å². The van der Waals surface area contributed by atoms with Crippen LogP contribution >= 0.6 is 11.8 Å². The van der Waals surface area contributed by atoms with E-state index in [9.17, 15) is 0 Å². The zero-order valence-electron chi connectivity index (χ0n) is 15.3. The first-order valence-corrected chi connectivity index (χ1v) is 10.5. The van der Waals surface area contributed by atoms with Gasteiger partial charge in [-0.1, -0.05) is 13.3 Å². The average molecular weight is 347 g/mol. The number of hydrogen-bond acceptors (Lipinski definition) is 4. The third-order valence-electron chi connectivity index (χ3n) is 4.96. The van der Waals surface area contributed by atoms with E-state index >= 15 is 0 Å². The zero-order chi connectivity index (χ0) is 17.1. The van der Waals surface area contributed by atoms with Gasteiger partial charge in [-0.25, -0.2) is 9.97 Å². The van der Waals surface area contributed by atoms with Crippen LogP contribution in [-0.2, 0) is 13.0 Å². The van der Waals surface area contributed by atoms with Crippen LogP contribution < -0.4 is 5.73 Å². The first-order chi connectivity index (χ1) is 11.6. The van der Waals surface area contributed by atoms with Gasteiger partial charge in [0.25, 0.3) is 0 Å². The number of imidazole rings is 1. The summed E-state index contributed by atoms with van der Waals surface area (Å²) < 4.78 is 2.44. The Morgan fingerprint density at radius 3 is 2.62 bits per heavy atom. The molecule has 1 fully saturated rings. The highest BCUT2D eigenvalue weighted by atomic mass is 32.2. The van der Waals surface area contributed by atoms with Crippen molar-refractivity contribution < 1.29 is 0 Å². The van der Waals surface area contributed by atoms with Gasteiger partial charge in [0.15, 0.2) is 5.82 Å². The molecule has 2 N–H and O–H groups in total. The van der Waals surface area contributed by atoms with Crippen LogP contribution in [0.25, 0.3) is 11.0 Å². The number of nitrogens with two attached hydrogens (primary N) is 1. The van der Waals surface area contributed by atoms with Crippen LogP contribution in [0.5, 0.6) is 0 Å². The fourth-order valence-corrected chi connectivity index (χ4v) is 4.23. The molecule has 0 spiro atoms. The van der Waals surface area contributed by atoms with Gasteiger partial charge in [0, 0.05) is 18.7 Å². The number of nitrogen functional groups attached to an aromatic ring is 1. The van der Waals surface area contributed by atoms with Crippen LogP contribution in [0.4, 0.5) is 5.82 Å². The Hall–Kier alpha value is -1.23. The fraction of sp³-hybridized carbons (Fsp3) is 0.684. The van der Waals surface area contributed by atoms with Crippen LogP contribution in [-0.4, -0.2) is 26.0 Å². The summed E-state index contributed by atoms with van der Waals surface area (Å²) in [4.78, 5) is 9.37. The summed E-state index contributed by atoms with van der Waals surface area (Å²) in [5.74, 6) is 5.14. The van der Waals surface area contributed by atoms with Gasteiger partial charge in [-0.05, 0) is 62.5 Å². The third-order valence-corrected chi connectivity index (χ3v) is 6.11. The van der Waals surface area contributed by atoms with Gasteiger partial charge in [-0.15, -0.1) is 0 Å². The number of fused-ring (bicyclic) bond motifs is 1. The second-order valence-electron chi connectivity index (χ2n) is 7.05. The van der Waals surface area contributed by atoms with Crippen LogP contribution in [0.15, 0.2) is 0 Å². The number of nitrogens with zero attached hydrogens (tertiary/aromatic N) is 3. The molecule has 0 aromatic carbocycles. The normalized spacial score (nSPS) is 14.6. The van der Waals surface area contributed by atoms with Crippen molar-refractivity contribution in [3.8, 4) is 0 Å². The highest BCUT2D eigenvalue weighted by Crippen LogP contribution is 2.34. The summed E-state index contributed by atoms with van der Waals surface area (Å²) in [7, 11) is 0. The van der Waals surface area contributed by atoms with E-state index in [0.717, 1.165) is 30.1 Å². The summed E-state index contributed by atoms with van der Waals surface area (Å²) >= 11 is 2.08. The lowest BCUT2D eigenvalue weighted by Crippen LogP contribution is -2.07. The predicted molar refractivity (Wildman–Crippen MR) is 105 cm³/mol. The molecule has 2 aromatic rings. The Bertz CT molecular complexity index is 703. The molecule has 0 atom stereocenters. The molecule has 1 aliphatic carbocycles. The molecule has 0 unspecified atom stereocenters. The van der Waals surface area contributed by atoms with Crippen LogP contribution in [0, 0.1) is 19.8 Å².